The Labute approximate surface area is 126 Å². The number of carbonyl (C=O) groups is 1. The molecule has 0 aromatic heterocycles. The second kappa shape index (κ2) is 8.08. The van der Waals surface area contributed by atoms with Crippen LogP contribution in [0.4, 0.5) is 4.39 Å². The average Bonchev–Trinajstić information content (AvgIpc) is 2.49. The molecule has 1 aromatic rings. The second-order valence-corrected chi connectivity index (χ2v) is 5.79. The summed E-state index contributed by atoms with van der Waals surface area (Å²) in [6, 6.07) is 5.71. The number of Topliss-reactive ketones (excluding diaryl/α,β-unsaturated/α-hetero) is 1. The summed E-state index contributed by atoms with van der Waals surface area (Å²) in [5.74, 6) is 1.01. The maximum atomic E-state index is 12.8. The third-order valence-corrected chi connectivity index (χ3v) is 4.11. The molecule has 1 aliphatic rings. The van der Waals surface area contributed by atoms with Crippen molar-refractivity contribution in [2.45, 2.75) is 32.6 Å². The van der Waals surface area contributed by atoms with Crippen molar-refractivity contribution in [3.63, 3.8) is 0 Å². The van der Waals surface area contributed by atoms with E-state index < -0.39 is 0 Å². The van der Waals surface area contributed by atoms with Crippen LogP contribution in [0.1, 0.15) is 43.0 Å². The number of rotatable bonds is 7. The average molecular weight is 290 g/mol. The predicted octanol–water partition coefficient (Wildman–Crippen LogP) is 4.41. The van der Waals surface area contributed by atoms with E-state index in [1.165, 1.54) is 24.3 Å². The van der Waals surface area contributed by atoms with Crippen molar-refractivity contribution in [3.8, 4) is 0 Å². The lowest BCUT2D eigenvalue weighted by atomic mass is 9.85. The standard InChI is InChI=1S/C18H23FO2/c1-14-5-2-3-6-16(14)13-21-12-4-7-18(20)15-8-10-17(19)11-9-15/h2-3,8-11,14,16H,4-7,12-13H2,1H3. The second-order valence-electron chi connectivity index (χ2n) is 5.79. The number of benzene rings is 1. The van der Waals surface area contributed by atoms with Crippen molar-refractivity contribution in [1.29, 1.82) is 0 Å². The fourth-order valence-corrected chi connectivity index (χ4v) is 2.59. The lowest BCUT2D eigenvalue weighted by molar-refractivity contribution is 0.0733. The van der Waals surface area contributed by atoms with Crippen LogP contribution in [0.2, 0.25) is 0 Å². The van der Waals surface area contributed by atoms with E-state index in [1.54, 1.807) is 0 Å². The molecular formula is C18H23FO2. The SMILES string of the molecule is CC1CC=CCC1COCCCC(=O)c1ccc(F)cc1. The smallest absolute Gasteiger partial charge is 0.162 e. The Bertz CT molecular complexity index is 478. The van der Waals surface area contributed by atoms with Gasteiger partial charge in [-0.3, -0.25) is 4.79 Å². The van der Waals surface area contributed by atoms with E-state index in [0.717, 1.165) is 19.4 Å². The van der Waals surface area contributed by atoms with Gasteiger partial charge in [0.2, 0.25) is 0 Å². The Morgan fingerprint density at radius 1 is 1.24 bits per heavy atom. The predicted molar refractivity (Wildman–Crippen MR) is 81.8 cm³/mol. The van der Waals surface area contributed by atoms with Gasteiger partial charge in [0.25, 0.3) is 0 Å². The molecule has 2 nitrogen and oxygen atoms in total. The van der Waals surface area contributed by atoms with Crippen LogP contribution in [-0.4, -0.2) is 19.0 Å². The molecule has 114 valence electrons. The molecule has 2 rings (SSSR count). The molecule has 1 aliphatic carbocycles. The summed E-state index contributed by atoms with van der Waals surface area (Å²) in [6.07, 6.45) is 7.86. The van der Waals surface area contributed by atoms with E-state index in [1.807, 2.05) is 0 Å². The Hall–Kier alpha value is -1.48. The van der Waals surface area contributed by atoms with E-state index in [-0.39, 0.29) is 11.6 Å². The molecule has 0 saturated heterocycles. The van der Waals surface area contributed by atoms with Crippen LogP contribution in [0.3, 0.4) is 0 Å². The van der Waals surface area contributed by atoms with Gasteiger partial charge in [-0.25, -0.2) is 4.39 Å². The van der Waals surface area contributed by atoms with Gasteiger partial charge in [0.1, 0.15) is 5.82 Å². The summed E-state index contributed by atoms with van der Waals surface area (Å²) in [7, 11) is 0. The van der Waals surface area contributed by atoms with Gasteiger partial charge in [0.05, 0.1) is 0 Å². The van der Waals surface area contributed by atoms with Crippen molar-refractivity contribution >= 4 is 5.78 Å². The molecule has 21 heavy (non-hydrogen) atoms. The lowest BCUT2D eigenvalue weighted by Gasteiger charge is -2.24. The highest BCUT2D eigenvalue weighted by Gasteiger charge is 2.18. The van der Waals surface area contributed by atoms with Crippen LogP contribution in [-0.2, 0) is 4.74 Å². The number of ether oxygens (including phenoxy) is 1. The van der Waals surface area contributed by atoms with Crippen LogP contribution in [0, 0.1) is 17.7 Å². The van der Waals surface area contributed by atoms with Gasteiger partial charge in [-0.2, -0.15) is 0 Å². The van der Waals surface area contributed by atoms with E-state index in [9.17, 15) is 9.18 Å². The largest absolute Gasteiger partial charge is 0.381 e. The van der Waals surface area contributed by atoms with Crippen LogP contribution in [0.5, 0.6) is 0 Å². The van der Waals surface area contributed by atoms with Crippen molar-refractivity contribution in [3.05, 3.63) is 47.8 Å². The van der Waals surface area contributed by atoms with Crippen molar-refractivity contribution < 1.29 is 13.9 Å². The Morgan fingerprint density at radius 2 is 1.95 bits per heavy atom. The van der Waals surface area contributed by atoms with E-state index >= 15 is 0 Å². The first-order chi connectivity index (χ1) is 10.2. The highest BCUT2D eigenvalue weighted by atomic mass is 19.1. The molecule has 2 atom stereocenters. The quantitative estimate of drug-likeness (QED) is 0.422. The summed E-state index contributed by atoms with van der Waals surface area (Å²) in [5.41, 5.74) is 0.572. The van der Waals surface area contributed by atoms with Crippen LogP contribution < -0.4 is 0 Å². The zero-order valence-electron chi connectivity index (χ0n) is 12.6. The number of carbonyl (C=O) groups excluding carboxylic acids is 1. The molecule has 0 saturated carbocycles. The summed E-state index contributed by atoms with van der Waals surface area (Å²) in [5, 5.41) is 0. The number of allylic oxidation sites excluding steroid dienone is 2. The molecule has 0 bridgehead atoms. The van der Waals surface area contributed by atoms with Gasteiger partial charge >= 0.3 is 0 Å². The first-order valence-corrected chi connectivity index (χ1v) is 7.68. The fourth-order valence-electron chi connectivity index (χ4n) is 2.59. The number of halogens is 1. The molecule has 0 aliphatic heterocycles. The topological polar surface area (TPSA) is 26.3 Å². The lowest BCUT2D eigenvalue weighted by Crippen LogP contribution is -2.20. The Morgan fingerprint density at radius 3 is 2.67 bits per heavy atom. The third-order valence-electron chi connectivity index (χ3n) is 4.11. The van der Waals surface area contributed by atoms with Crippen molar-refractivity contribution in [1.82, 2.24) is 0 Å². The summed E-state index contributed by atoms with van der Waals surface area (Å²) in [4.78, 5) is 11.9. The Balaban J connectivity index is 1.62. The first-order valence-electron chi connectivity index (χ1n) is 7.68. The van der Waals surface area contributed by atoms with Crippen LogP contribution >= 0.6 is 0 Å². The highest BCUT2D eigenvalue weighted by molar-refractivity contribution is 5.95. The van der Waals surface area contributed by atoms with Crippen molar-refractivity contribution in [2.75, 3.05) is 13.2 Å². The van der Waals surface area contributed by atoms with Gasteiger partial charge in [-0.1, -0.05) is 19.1 Å². The molecule has 0 heterocycles. The molecule has 2 unspecified atom stereocenters. The van der Waals surface area contributed by atoms with Crippen LogP contribution in [0.15, 0.2) is 36.4 Å². The summed E-state index contributed by atoms with van der Waals surface area (Å²) >= 11 is 0. The maximum Gasteiger partial charge on any atom is 0.162 e. The fraction of sp³-hybridized carbons (Fsp3) is 0.500. The number of ketones is 1. The van der Waals surface area contributed by atoms with Crippen molar-refractivity contribution in [2.24, 2.45) is 11.8 Å². The normalized spacial score (nSPS) is 21.4. The number of hydrogen-bond donors (Lipinski definition) is 0. The van der Waals surface area contributed by atoms with E-state index in [2.05, 4.69) is 19.1 Å². The van der Waals surface area contributed by atoms with Gasteiger partial charge < -0.3 is 4.74 Å². The minimum Gasteiger partial charge on any atom is -0.381 e. The molecule has 0 radical (unpaired) electrons. The summed E-state index contributed by atoms with van der Waals surface area (Å²) < 4.78 is 18.5. The van der Waals surface area contributed by atoms with Gasteiger partial charge in [-0.15, -0.1) is 0 Å². The molecule has 1 aromatic carbocycles. The highest BCUT2D eigenvalue weighted by Crippen LogP contribution is 2.25. The van der Waals surface area contributed by atoms with Gasteiger partial charge in [-0.05, 0) is 55.4 Å². The van der Waals surface area contributed by atoms with E-state index in [4.69, 9.17) is 4.74 Å². The van der Waals surface area contributed by atoms with E-state index in [0.29, 0.717) is 36.8 Å². The minimum atomic E-state index is -0.314. The zero-order chi connectivity index (χ0) is 15.1. The third kappa shape index (κ3) is 5.09. The molecule has 0 fully saturated rings. The monoisotopic (exact) mass is 290 g/mol. The number of hydrogen-bond acceptors (Lipinski definition) is 2. The maximum absolute atomic E-state index is 12.8. The van der Waals surface area contributed by atoms with Crippen LogP contribution in [0.25, 0.3) is 0 Å². The van der Waals surface area contributed by atoms with Gasteiger partial charge in [0, 0.05) is 25.2 Å². The minimum absolute atomic E-state index is 0.0487. The Kier molecular flexibility index (Phi) is 6.12. The van der Waals surface area contributed by atoms with Gasteiger partial charge in [0.15, 0.2) is 5.78 Å². The first kappa shape index (κ1) is 15.9. The molecular weight excluding hydrogens is 267 g/mol. The molecule has 0 spiro atoms. The summed E-state index contributed by atoms with van der Waals surface area (Å²) in [6.45, 7) is 3.64. The molecule has 0 N–H and O–H groups in total. The zero-order valence-corrected chi connectivity index (χ0v) is 12.6. The molecule has 0 amide bonds. The molecule has 3 heteroatoms.